The van der Waals surface area contributed by atoms with Gasteiger partial charge in [-0.1, -0.05) is 0 Å². The molecular weight excluding hydrogens is 375 g/mol. The molecule has 25 heavy (non-hydrogen) atoms. The third-order valence-electron chi connectivity index (χ3n) is 5.18. The van der Waals surface area contributed by atoms with Gasteiger partial charge in [-0.25, -0.2) is 0 Å². The van der Waals surface area contributed by atoms with Gasteiger partial charge in [-0.3, -0.25) is 0 Å². The number of fused-ring (bicyclic) bond motifs is 8. The maximum absolute atomic E-state index is 6.45. The van der Waals surface area contributed by atoms with Crippen molar-refractivity contribution in [2.75, 3.05) is 39.5 Å². The topological polar surface area (TPSA) is 30.9 Å². The van der Waals surface area contributed by atoms with E-state index in [1.165, 1.54) is 25.9 Å². The van der Waals surface area contributed by atoms with Crippen molar-refractivity contribution in [3.63, 3.8) is 0 Å². The fraction of sp³-hybridized carbons (Fsp3) is 0.300. The molecule has 0 radical (unpaired) electrons. The molecule has 3 heterocycles. The summed E-state index contributed by atoms with van der Waals surface area (Å²) in [7, 11) is 0. The van der Waals surface area contributed by atoms with Gasteiger partial charge in [-0.2, -0.15) is 0 Å². The van der Waals surface area contributed by atoms with Crippen LogP contribution in [0.1, 0.15) is 0 Å². The Hall–Kier alpha value is -1.44. The molecule has 3 aliphatic heterocycles. The van der Waals surface area contributed by atoms with Gasteiger partial charge in [0.15, 0.2) is 0 Å². The number of rotatable bonds is 1. The Morgan fingerprint density at radius 1 is 0.680 bits per heavy atom. The third kappa shape index (κ3) is 2.69. The van der Waals surface area contributed by atoms with Crippen molar-refractivity contribution in [2.24, 2.45) is 0 Å². The molecule has 0 aromatic heterocycles. The zero-order valence-electron chi connectivity index (χ0n) is 14.1. The van der Waals surface area contributed by atoms with Crippen molar-refractivity contribution < 1.29 is 11.3 Å². The van der Waals surface area contributed by atoms with E-state index >= 15 is 0 Å². The zero-order valence-corrected chi connectivity index (χ0v) is 16.2. The van der Waals surface area contributed by atoms with Crippen LogP contribution in [0.15, 0.2) is 54.6 Å². The van der Waals surface area contributed by atoms with Gasteiger partial charge in [0, 0.05) is 0 Å². The molecule has 0 N–H and O–H groups in total. The minimum atomic E-state index is -3.60. The van der Waals surface area contributed by atoms with Crippen molar-refractivity contribution >= 4 is 40.2 Å². The first-order valence-corrected chi connectivity index (χ1v) is 12.5. The molecule has 128 valence electrons. The first-order valence-electron chi connectivity index (χ1n) is 8.91. The first kappa shape index (κ1) is 15.8. The fourth-order valence-electron chi connectivity index (χ4n) is 3.95. The van der Waals surface area contributed by atoms with Gasteiger partial charge in [-0.15, -0.1) is 0 Å². The van der Waals surface area contributed by atoms with E-state index in [0.29, 0.717) is 19.8 Å². The van der Waals surface area contributed by atoms with E-state index in [0.717, 1.165) is 19.6 Å². The molecule has 3 fully saturated rings. The van der Waals surface area contributed by atoms with Crippen LogP contribution in [-0.2, 0) is 11.3 Å². The molecule has 0 atom stereocenters. The van der Waals surface area contributed by atoms with Gasteiger partial charge in [-0.05, 0) is 0 Å². The van der Waals surface area contributed by atoms with Gasteiger partial charge < -0.3 is 0 Å². The number of hydrogen-bond acceptors (Lipinski definition) is 4. The Balaban J connectivity index is 1.81. The van der Waals surface area contributed by atoms with Crippen molar-refractivity contribution in [2.45, 2.75) is 0 Å². The molecule has 0 unspecified atom stereocenters. The Morgan fingerprint density at radius 3 is 1.68 bits per heavy atom. The molecule has 0 saturated carbocycles. The maximum atomic E-state index is 6.45. The fourth-order valence-corrected chi connectivity index (χ4v) is 9.99. The summed E-state index contributed by atoms with van der Waals surface area (Å²) in [6.45, 7) is 4.92. The van der Waals surface area contributed by atoms with E-state index in [2.05, 4.69) is 59.5 Å². The summed E-state index contributed by atoms with van der Waals surface area (Å²) >= 11 is -3.60. The number of nitrogens with zero attached hydrogens (tertiary/aromatic N) is 1. The molecule has 0 aliphatic carbocycles. The van der Waals surface area contributed by atoms with E-state index in [1.807, 2.05) is 0 Å². The summed E-state index contributed by atoms with van der Waals surface area (Å²) in [5, 5.41) is 4.86. The van der Waals surface area contributed by atoms with Gasteiger partial charge in [0.25, 0.3) is 0 Å². The van der Waals surface area contributed by atoms with Crippen molar-refractivity contribution in [3.8, 4) is 0 Å². The van der Waals surface area contributed by atoms with Crippen molar-refractivity contribution in [3.05, 3.63) is 54.6 Å². The number of benzene rings is 3. The van der Waals surface area contributed by atoms with E-state index < -0.39 is 14.3 Å². The molecule has 3 aromatic carbocycles. The van der Waals surface area contributed by atoms with Gasteiger partial charge in [0.05, 0.1) is 0 Å². The van der Waals surface area contributed by atoms with Gasteiger partial charge >= 0.3 is 150 Å². The van der Waals surface area contributed by atoms with Gasteiger partial charge in [0.2, 0.25) is 0 Å². The van der Waals surface area contributed by atoms with E-state index in [4.69, 9.17) is 11.3 Å². The van der Waals surface area contributed by atoms with Crippen LogP contribution in [0.2, 0.25) is 0 Å². The van der Waals surface area contributed by atoms with Crippen LogP contribution in [0.25, 0.3) is 21.5 Å². The predicted molar refractivity (Wildman–Crippen MR) is 101 cm³/mol. The predicted octanol–water partition coefficient (Wildman–Crippen LogP) is 2.52. The summed E-state index contributed by atoms with van der Waals surface area (Å²) in [5.74, 6) is 0. The summed E-state index contributed by atoms with van der Waals surface area (Å²) in [6.07, 6.45) is 0. The molecule has 3 saturated heterocycles. The third-order valence-corrected chi connectivity index (χ3v) is 11.3. The summed E-state index contributed by atoms with van der Waals surface area (Å²) in [5.41, 5.74) is 0. The Bertz CT molecular complexity index is 849. The molecule has 3 aromatic rings. The van der Waals surface area contributed by atoms with Crippen LogP contribution in [0.4, 0.5) is 0 Å². The van der Waals surface area contributed by atoms with E-state index in [9.17, 15) is 0 Å². The quantitative estimate of drug-likeness (QED) is 0.468. The molecule has 6 rings (SSSR count). The molecular formula is C20H21GeNO3. The van der Waals surface area contributed by atoms with Gasteiger partial charge in [0.1, 0.15) is 0 Å². The molecule has 0 spiro atoms. The molecule has 4 nitrogen and oxygen atoms in total. The average molecular weight is 396 g/mol. The molecule has 3 aliphatic rings. The monoisotopic (exact) mass is 397 g/mol. The Kier molecular flexibility index (Phi) is 4.03. The summed E-state index contributed by atoms with van der Waals surface area (Å²) in [6, 6.07) is 19.3. The van der Waals surface area contributed by atoms with Crippen LogP contribution < -0.4 is 4.40 Å². The van der Waals surface area contributed by atoms with Crippen molar-refractivity contribution in [1.82, 2.24) is 4.90 Å². The van der Waals surface area contributed by atoms with Crippen LogP contribution in [0, 0.1) is 0 Å². The van der Waals surface area contributed by atoms with E-state index in [-0.39, 0.29) is 0 Å². The first-order chi connectivity index (χ1) is 12.4. The number of hydrogen-bond donors (Lipinski definition) is 0. The molecule has 5 heteroatoms. The second kappa shape index (κ2) is 6.38. The average Bonchev–Trinajstić information content (AvgIpc) is 2.59. The standard InChI is InChI=1S/C20H21GeNO3/c1-3-7-18-16(5-1)15-17-6-2-4-8-19(17)20(18)21-23-12-9-22(10-13-24-21)11-14-25-21/h1-8,15H,9-14H2. The molecule has 0 amide bonds. The Morgan fingerprint density at radius 2 is 1.16 bits per heavy atom. The van der Waals surface area contributed by atoms with Crippen LogP contribution in [-0.4, -0.2) is 58.6 Å². The zero-order chi connectivity index (χ0) is 16.7. The second-order valence-electron chi connectivity index (χ2n) is 6.64. The minimum absolute atomic E-state index is 0.678. The van der Waals surface area contributed by atoms with Crippen molar-refractivity contribution in [1.29, 1.82) is 0 Å². The van der Waals surface area contributed by atoms with Crippen LogP contribution >= 0.6 is 0 Å². The second-order valence-corrected chi connectivity index (χ2v) is 11.8. The SMILES string of the molecule is c1ccc2[c]([Ge]34[O]CCN(CC[O]3)CC[O]4)c3ccccc3cc2c1. The van der Waals surface area contributed by atoms with Crippen LogP contribution in [0.3, 0.4) is 0 Å². The summed E-state index contributed by atoms with van der Waals surface area (Å²) in [4.78, 5) is 2.35. The Labute approximate surface area is 150 Å². The normalized spacial score (nSPS) is 27.1. The summed E-state index contributed by atoms with van der Waals surface area (Å²) < 4.78 is 20.5. The van der Waals surface area contributed by atoms with Crippen LogP contribution in [0.5, 0.6) is 0 Å². The van der Waals surface area contributed by atoms with E-state index in [1.54, 1.807) is 0 Å². The molecule has 2 bridgehead atoms.